The van der Waals surface area contributed by atoms with Crippen LogP contribution in [0.2, 0.25) is 0 Å². The summed E-state index contributed by atoms with van der Waals surface area (Å²) >= 11 is 1.32. The van der Waals surface area contributed by atoms with Crippen molar-refractivity contribution < 1.29 is 9.59 Å². The number of aromatic nitrogens is 3. The number of hydrogen-bond acceptors (Lipinski definition) is 5. The van der Waals surface area contributed by atoms with Gasteiger partial charge in [0.2, 0.25) is 5.91 Å². The number of nitrogens with one attached hydrogen (secondary N) is 1. The highest BCUT2D eigenvalue weighted by Crippen LogP contribution is 2.18. The average molecular weight is 388 g/mol. The zero-order valence-corrected chi connectivity index (χ0v) is 16.8. The maximum atomic E-state index is 12.3. The number of amides is 2. The predicted molar refractivity (Wildman–Crippen MR) is 108 cm³/mol. The lowest BCUT2D eigenvalue weighted by molar-refractivity contribution is -0.113. The van der Waals surface area contributed by atoms with Crippen LogP contribution in [-0.4, -0.2) is 50.3 Å². The summed E-state index contributed by atoms with van der Waals surface area (Å²) in [6, 6.07) is 6.94. The Morgan fingerprint density at radius 3 is 2.48 bits per heavy atom. The van der Waals surface area contributed by atoms with E-state index in [-0.39, 0.29) is 17.6 Å². The number of carbonyl (C=O) groups is 2. The summed E-state index contributed by atoms with van der Waals surface area (Å²) in [6.07, 6.45) is 1.77. The predicted octanol–water partition coefficient (Wildman–Crippen LogP) is 2.99. The second-order valence-corrected chi connectivity index (χ2v) is 6.76. The molecule has 1 aromatic heterocycles. The van der Waals surface area contributed by atoms with Crippen LogP contribution in [0.4, 0.5) is 5.69 Å². The molecule has 0 saturated heterocycles. The van der Waals surface area contributed by atoms with E-state index in [0.29, 0.717) is 36.0 Å². The Labute approximate surface area is 163 Å². The van der Waals surface area contributed by atoms with E-state index in [9.17, 15) is 9.59 Å². The van der Waals surface area contributed by atoms with Crippen molar-refractivity contribution >= 4 is 29.3 Å². The van der Waals surface area contributed by atoms with Crippen LogP contribution in [-0.2, 0) is 11.3 Å². The molecule has 2 aromatic rings. The smallest absolute Gasteiger partial charge is 0.253 e. The Kier molecular flexibility index (Phi) is 7.60. The number of thioether (sulfide) groups is 1. The van der Waals surface area contributed by atoms with E-state index < -0.39 is 0 Å². The first-order valence-corrected chi connectivity index (χ1v) is 9.81. The van der Waals surface area contributed by atoms with Crippen LogP contribution in [0.5, 0.6) is 0 Å². The van der Waals surface area contributed by atoms with Crippen LogP contribution in [0.3, 0.4) is 0 Å². The summed E-state index contributed by atoms with van der Waals surface area (Å²) in [6.45, 7) is 11.4. The summed E-state index contributed by atoms with van der Waals surface area (Å²) in [5, 5.41) is 11.6. The topological polar surface area (TPSA) is 80.1 Å². The van der Waals surface area contributed by atoms with E-state index in [4.69, 9.17) is 0 Å². The van der Waals surface area contributed by atoms with Crippen molar-refractivity contribution in [3.8, 4) is 0 Å². The van der Waals surface area contributed by atoms with Gasteiger partial charge in [-0.15, -0.1) is 16.8 Å². The number of aryl methyl sites for hydroxylation is 1. The first kappa shape index (κ1) is 20.7. The molecular weight excluding hydrogens is 362 g/mol. The number of anilines is 1. The van der Waals surface area contributed by atoms with Gasteiger partial charge in [-0.05, 0) is 45.0 Å². The molecule has 0 aliphatic carbocycles. The Balaban J connectivity index is 1.92. The number of nitrogens with zero attached hydrogens (tertiary/aromatic N) is 4. The molecule has 0 atom stereocenters. The Morgan fingerprint density at radius 2 is 1.89 bits per heavy atom. The van der Waals surface area contributed by atoms with Gasteiger partial charge in [0.1, 0.15) is 5.82 Å². The third-order valence-electron chi connectivity index (χ3n) is 4.01. The average Bonchev–Trinajstić information content (AvgIpc) is 3.02. The maximum Gasteiger partial charge on any atom is 0.253 e. The second kappa shape index (κ2) is 9.91. The number of rotatable bonds is 9. The molecule has 2 rings (SSSR count). The highest BCUT2D eigenvalue weighted by Gasteiger charge is 2.13. The number of benzene rings is 1. The number of allylic oxidation sites excluding steroid dienone is 1. The van der Waals surface area contributed by atoms with Gasteiger partial charge < -0.3 is 14.8 Å². The Morgan fingerprint density at radius 1 is 1.22 bits per heavy atom. The molecule has 0 radical (unpaired) electrons. The van der Waals surface area contributed by atoms with E-state index in [1.54, 1.807) is 35.2 Å². The highest BCUT2D eigenvalue weighted by molar-refractivity contribution is 7.99. The van der Waals surface area contributed by atoms with Crippen LogP contribution in [0, 0.1) is 6.92 Å². The largest absolute Gasteiger partial charge is 0.339 e. The van der Waals surface area contributed by atoms with Crippen molar-refractivity contribution in [2.45, 2.75) is 32.5 Å². The lowest BCUT2D eigenvalue weighted by Gasteiger charge is -2.18. The van der Waals surface area contributed by atoms with Gasteiger partial charge in [0.15, 0.2) is 5.16 Å². The molecule has 1 heterocycles. The molecule has 0 bridgehead atoms. The summed E-state index contributed by atoms with van der Waals surface area (Å²) in [5.41, 5.74) is 1.26. The van der Waals surface area contributed by atoms with Gasteiger partial charge >= 0.3 is 0 Å². The van der Waals surface area contributed by atoms with Gasteiger partial charge in [0, 0.05) is 30.9 Å². The van der Waals surface area contributed by atoms with Crippen molar-refractivity contribution in [2.24, 2.45) is 0 Å². The molecule has 0 saturated carbocycles. The number of hydrogen-bond donors (Lipinski definition) is 1. The fourth-order valence-electron chi connectivity index (χ4n) is 2.52. The quantitative estimate of drug-likeness (QED) is 0.528. The molecule has 0 aliphatic heterocycles. The summed E-state index contributed by atoms with van der Waals surface area (Å²) in [4.78, 5) is 26.3. The third kappa shape index (κ3) is 5.43. The summed E-state index contributed by atoms with van der Waals surface area (Å²) in [7, 11) is 0. The standard InChI is InChI=1S/C19H25N5O2S/c1-5-12-24-14(4)21-22-19(24)27-13-17(25)20-16-10-8-15(9-11-16)18(26)23(6-2)7-3/h5,8-11H,1,6-7,12-13H2,2-4H3,(H,20,25). The van der Waals surface area contributed by atoms with Crippen LogP contribution in [0.1, 0.15) is 30.0 Å². The Bertz CT molecular complexity index is 797. The molecule has 0 aliphatic rings. The lowest BCUT2D eigenvalue weighted by Crippen LogP contribution is -2.30. The van der Waals surface area contributed by atoms with E-state index >= 15 is 0 Å². The molecule has 0 unspecified atom stereocenters. The molecule has 0 spiro atoms. The van der Waals surface area contributed by atoms with Gasteiger partial charge in [-0.25, -0.2) is 0 Å². The molecule has 7 nitrogen and oxygen atoms in total. The first-order chi connectivity index (χ1) is 13.0. The van der Waals surface area contributed by atoms with Gasteiger partial charge in [-0.2, -0.15) is 0 Å². The zero-order valence-electron chi connectivity index (χ0n) is 15.9. The molecule has 1 aromatic carbocycles. The van der Waals surface area contributed by atoms with Crippen LogP contribution in [0.25, 0.3) is 0 Å². The molecule has 8 heteroatoms. The SMILES string of the molecule is C=CCn1c(C)nnc1SCC(=O)Nc1ccc(C(=O)N(CC)CC)cc1. The van der Waals surface area contributed by atoms with Gasteiger partial charge in [-0.1, -0.05) is 17.8 Å². The molecule has 1 N–H and O–H groups in total. The van der Waals surface area contributed by atoms with E-state index in [2.05, 4.69) is 22.1 Å². The monoisotopic (exact) mass is 387 g/mol. The minimum atomic E-state index is -0.145. The molecule has 0 fully saturated rings. The molecule has 27 heavy (non-hydrogen) atoms. The van der Waals surface area contributed by atoms with Crippen molar-refractivity contribution in [1.82, 2.24) is 19.7 Å². The van der Waals surface area contributed by atoms with Crippen LogP contribution >= 0.6 is 11.8 Å². The van der Waals surface area contributed by atoms with Crippen LogP contribution < -0.4 is 5.32 Å². The van der Waals surface area contributed by atoms with Crippen LogP contribution in [0.15, 0.2) is 42.1 Å². The fourth-order valence-corrected chi connectivity index (χ4v) is 3.32. The van der Waals surface area contributed by atoms with Gasteiger partial charge in [0.25, 0.3) is 5.91 Å². The van der Waals surface area contributed by atoms with Crippen molar-refractivity contribution in [2.75, 3.05) is 24.2 Å². The third-order valence-corrected chi connectivity index (χ3v) is 4.98. The number of carbonyl (C=O) groups excluding carboxylic acids is 2. The summed E-state index contributed by atoms with van der Waals surface area (Å²) in [5.74, 6) is 0.848. The van der Waals surface area contributed by atoms with Crippen molar-refractivity contribution in [1.29, 1.82) is 0 Å². The van der Waals surface area contributed by atoms with Crippen molar-refractivity contribution in [3.63, 3.8) is 0 Å². The minimum Gasteiger partial charge on any atom is -0.339 e. The van der Waals surface area contributed by atoms with Gasteiger partial charge in [0.05, 0.1) is 5.75 Å². The van der Waals surface area contributed by atoms with E-state index in [1.807, 2.05) is 25.3 Å². The molecule has 144 valence electrons. The normalized spacial score (nSPS) is 10.5. The lowest BCUT2D eigenvalue weighted by atomic mass is 10.2. The summed E-state index contributed by atoms with van der Waals surface area (Å²) < 4.78 is 1.90. The van der Waals surface area contributed by atoms with Crippen molar-refractivity contribution in [3.05, 3.63) is 48.3 Å². The molecule has 2 amide bonds. The zero-order chi connectivity index (χ0) is 19.8. The highest BCUT2D eigenvalue weighted by atomic mass is 32.2. The Hall–Kier alpha value is -2.61. The second-order valence-electron chi connectivity index (χ2n) is 5.82. The van der Waals surface area contributed by atoms with E-state index in [1.165, 1.54) is 11.8 Å². The first-order valence-electron chi connectivity index (χ1n) is 8.82. The molecular formula is C19H25N5O2S. The maximum absolute atomic E-state index is 12.3. The minimum absolute atomic E-state index is 0.00893. The fraction of sp³-hybridized carbons (Fsp3) is 0.368. The van der Waals surface area contributed by atoms with Gasteiger partial charge in [-0.3, -0.25) is 9.59 Å². The van der Waals surface area contributed by atoms with E-state index in [0.717, 1.165) is 5.82 Å².